The lowest BCUT2D eigenvalue weighted by Crippen LogP contribution is -2.40. The lowest BCUT2D eigenvalue weighted by atomic mass is 10.2. The molecule has 454 valence electrons. The van der Waals surface area contributed by atoms with E-state index in [0.717, 1.165) is 52.4 Å². The SMILES string of the molecule is C1CNCCCN(CCN2CCCNCCCNCCC2)CCCNC1.O=S(=O)(O)C(F)(F)F.O=S(=O)(O)C(F)(F)F.O=S(=O)(O)C(F)(F)F.O=S(=O)(O)C(F)(F)F.O=S(=O)(O)C(F)(F)F.O=S(=O)(O)C(F)(F)F. The Morgan fingerprint density at radius 3 is 0.486 bits per heavy atom. The molecule has 0 aromatic heterocycles. The molecule has 0 unspecified atom stereocenters. The molecule has 2 aliphatic rings. The maximum Gasteiger partial charge on any atom is 0.522 e. The van der Waals surface area contributed by atoms with Gasteiger partial charge in [-0.1, -0.05) is 0 Å². The Hall–Kier alpha value is -2.04. The summed E-state index contributed by atoms with van der Waals surface area (Å²) in [5.74, 6) is 0. The van der Waals surface area contributed by atoms with Gasteiger partial charge in [0.15, 0.2) is 0 Å². The Morgan fingerprint density at radius 2 is 0.378 bits per heavy atom. The Balaban J connectivity index is -0.000000276. The maximum absolute atomic E-state index is 10.7. The zero-order valence-corrected chi connectivity index (χ0v) is 41.8. The van der Waals surface area contributed by atoms with Crippen LogP contribution in [0.2, 0.25) is 0 Å². The van der Waals surface area contributed by atoms with E-state index in [0.29, 0.717) is 0 Å². The van der Waals surface area contributed by atoms with Crippen LogP contribution in [0.3, 0.4) is 0 Å². The number of alkyl halides is 18. The van der Waals surface area contributed by atoms with Crippen molar-refractivity contribution in [2.75, 3.05) is 91.6 Å². The molecular weight excluding hydrogens is 1220 g/mol. The van der Waals surface area contributed by atoms with Crippen molar-refractivity contribution in [1.29, 1.82) is 0 Å². The van der Waals surface area contributed by atoms with E-state index < -0.39 is 93.8 Å². The summed E-state index contributed by atoms with van der Waals surface area (Å²) in [6.07, 6.45) is 7.62. The van der Waals surface area contributed by atoms with E-state index in [-0.39, 0.29) is 0 Å². The topological polar surface area (TPSA) is 381 Å². The highest BCUT2D eigenvalue weighted by atomic mass is 32.2. The van der Waals surface area contributed by atoms with E-state index in [1.165, 1.54) is 77.8 Å². The van der Waals surface area contributed by atoms with Crippen molar-refractivity contribution in [2.45, 2.75) is 71.6 Å². The molecule has 74 heavy (non-hydrogen) atoms. The summed E-state index contributed by atoms with van der Waals surface area (Å²) in [4.78, 5) is 5.38. The molecule has 0 amide bonds. The van der Waals surface area contributed by atoms with Crippen molar-refractivity contribution < 1.29 is 157 Å². The number of nitrogens with zero attached hydrogens (tertiary/aromatic N) is 2. The quantitative estimate of drug-likeness (QED) is 0.110. The second kappa shape index (κ2) is 34.8. The van der Waals surface area contributed by atoms with Crippen molar-refractivity contribution in [3.8, 4) is 0 Å². The predicted molar refractivity (Wildman–Crippen MR) is 218 cm³/mol. The van der Waals surface area contributed by atoms with Crippen molar-refractivity contribution in [2.24, 2.45) is 0 Å². The van der Waals surface area contributed by atoms with Crippen LogP contribution in [-0.2, 0) is 60.7 Å². The van der Waals surface area contributed by atoms with Gasteiger partial charge in [-0.25, -0.2) is 0 Å². The van der Waals surface area contributed by atoms with Gasteiger partial charge in [0, 0.05) is 13.1 Å². The summed E-state index contributed by atoms with van der Waals surface area (Å²) in [6.45, 7) is 16.7. The highest BCUT2D eigenvalue weighted by molar-refractivity contribution is 7.87. The van der Waals surface area contributed by atoms with Gasteiger partial charge in [0.2, 0.25) is 0 Å². The summed E-state index contributed by atoms with van der Waals surface area (Å²) in [7, 11) is -35.0. The molecule has 24 nitrogen and oxygen atoms in total. The first-order valence-electron chi connectivity index (χ1n) is 18.9. The van der Waals surface area contributed by atoms with E-state index >= 15 is 0 Å². The summed E-state index contributed by atoms with van der Waals surface area (Å²) < 4.78 is 345. The number of nitrogens with one attached hydrogen (secondary N) is 4. The maximum atomic E-state index is 10.7. The van der Waals surface area contributed by atoms with Crippen molar-refractivity contribution >= 4 is 60.7 Å². The fourth-order valence-corrected chi connectivity index (χ4v) is 3.84. The number of halogens is 18. The average molecular weight is 1270 g/mol. The molecule has 10 N–H and O–H groups in total. The molecule has 2 fully saturated rings. The molecule has 0 spiro atoms. The van der Waals surface area contributed by atoms with Crippen LogP contribution in [-0.4, -0.2) is 212 Å². The van der Waals surface area contributed by atoms with Gasteiger partial charge in [0.25, 0.3) is 0 Å². The lowest BCUT2D eigenvalue weighted by Gasteiger charge is -2.28. The van der Waals surface area contributed by atoms with Crippen LogP contribution in [0, 0.1) is 0 Å². The van der Waals surface area contributed by atoms with Gasteiger partial charge in [-0.3, -0.25) is 27.3 Å². The highest BCUT2D eigenvalue weighted by Gasteiger charge is 2.47. The van der Waals surface area contributed by atoms with E-state index in [1.54, 1.807) is 0 Å². The fraction of sp³-hybridized carbons (Fsp3) is 1.00. The number of hydrogen-bond acceptors (Lipinski definition) is 18. The lowest BCUT2D eigenvalue weighted by molar-refractivity contribution is -0.0514. The van der Waals surface area contributed by atoms with Crippen LogP contribution in [0.25, 0.3) is 0 Å². The molecule has 0 saturated carbocycles. The van der Waals surface area contributed by atoms with E-state index in [4.69, 9.17) is 77.8 Å². The molecule has 2 rings (SSSR count). The van der Waals surface area contributed by atoms with Crippen LogP contribution in [0.15, 0.2) is 0 Å². The first-order valence-corrected chi connectivity index (χ1v) is 27.6. The van der Waals surface area contributed by atoms with Crippen LogP contribution >= 0.6 is 0 Å². The van der Waals surface area contributed by atoms with Gasteiger partial charge in [-0.15, -0.1) is 0 Å². The molecule has 0 bridgehead atoms. The summed E-state index contributed by atoms with van der Waals surface area (Å²) in [6, 6.07) is 0. The minimum Gasteiger partial charge on any atom is -0.317 e. The first-order chi connectivity index (χ1) is 32.4. The normalized spacial score (nSPS) is 18.0. The van der Waals surface area contributed by atoms with Crippen molar-refractivity contribution in [3.05, 3.63) is 0 Å². The molecular formula is C26H50F18N6O18S6. The largest absolute Gasteiger partial charge is 0.522 e. The van der Waals surface area contributed by atoms with Gasteiger partial charge in [-0.2, -0.15) is 130 Å². The molecule has 0 radical (unpaired) electrons. The molecule has 48 heteroatoms. The molecule has 2 aliphatic heterocycles. The Bertz CT molecular complexity index is 1840. The Morgan fingerprint density at radius 1 is 0.270 bits per heavy atom. The van der Waals surface area contributed by atoms with E-state index in [9.17, 15) is 79.0 Å². The van der Waals surface area contributed by atoms with E-state index in [2.05, 4.69) is 31.1 Å². The monoisotopic (exact) mass is 1270 g/mol. The highest BCUT2D eigenvalue weighted by Crippen LogP contribution is 2.24. The molecule has 0 aliphatic carbocycles. The Labute approximate surface area is 410 Å². The van der Waals surface area contributed by atoms with Gasteiger partial charge < -0.3 is 31.1 Å². The molecule has 0 aromatic rings. The predicted octanol–water partition coefficient (Wildman–Crippen LogP) is 2.68. The molecule has 0 atom stereocenters. The third-order valence-corrected chi connectivity index (χ3v) is 10.7. The summed E-state index contributed by atoms with van der Waals surface area (Å²) in [5, 5.41) is 14.3. The summed E-state index contributed by atoms with van der Waals surface area (Å²) in [5.41, 5.74) is -33.2. The van der Waals surface area contributed by atoms with Crippen LogP contribution in [0.5, 0.6) is 0 Å². The smallest absolute Gasteiger partial charge is 0.317 e. The van der Waals surface area contributed by atoms with Gasteiger partial charge in [-0.05, 0) is 117 Å². The third kappa shape index (κ3) is 46.1. The average Bonchev–Trinajstić information content (AvgIpc) is 3.12. The summed E-state index contributed by atoms with van der Waals surface area (Å²) >= 11 is 0. The van der Waals surface area contributed by atoms with Gasteiger partial charge in [0.05, 0.1) is 0 Å². The van der Waals surface area contributed by atoms with Crippen LogP contribution < -0.4 is 21.3 Å². The van der Waals surface area contributed by atoms with Gasteiger partial charge in [0.1, 0.15) is 0 Å². The Kier molecular flexibility index (Phi) is 38.0. The third-order valence-electron chi connectivity index (χ3n) is 7.21. The number of rotatable bonds is 3. The zero-order chi connectivity index (χ0) is 60.1. The molecule has 2 saturated heterocycles. The van der Waals surface area contributed by atoms with Crippen LogP contribution in [0.4, 0.5) is 79.0 Å². The van der Waals surface area contributed by atoms with E-state index in [1.807, 2.05) is 0 Å². The standard InChI is InChI=1S/C20H44N6.6CHF3O3S/c1-7-21-11-3-15-25(16-4-12-22-8-1)19-20-26-17-5-13-23-9-2-10-24-14-6-18-26;6*2-1(3,4)8(5,6)7/h21-24H,1-20H2;6*(H,5,6,7). The van der Waals surface area contributed by atoms with Crippen molar-refractivity contribution in [1.82, 2.24) is 31.1 Å². The molecule has 0 aromatic carbocycles. The zero-order valence-electron chi connectivity index (χ0n) is 36.9. The van der Waals surface area contributed by atoms with Gasteiger partial charge >= 0.3 is 93.8 Å². The second-order valence-corrected chi connectivity index (χ2v) is 21.8. The molecule has 2 heterocycles. The van der Waals surface area contributed by atoms with Crippen molar-refractivity contribution in [3.63, 3.8) is 0 Å². The first kappa shape index (κ1) is 80.8. The minimum atomic E-state index is -5.84. The van der Waals surface area contributed by atoms with Crippen LogP contribution in [0.1, 0.15) is 38.5 Å². The minimum absolute atomic E-state index is 1.16. The second-order valence-electron chi connectivity index (χ2n) is 13.3. The fourth-order valence-electron chi connectivity index (χ4n) is 3.84. The number of hydrogen-bond donors (Lipinski definition) is 10.